The Balaban J connectivity index is 1.79. The summed E-state index contributed by atoms with van der Waals surface area (Å²) in [5.74, 6) is -0.735. The molecule has 7 nitrogen and oxygen atoms in total. The van der Waals surface area contributed by atoms with E-state index in [9.17, 15) is 18.0 Å². The number of aryl methyl sites for hydroxylation is 1. The molecule has 2 heterocycles. The quantitative estimate of drug-likeness (QED) is 0.602. The standard InChI is InChI=1S/C19H18ClN3O4S3/c1-3-10-23-18(25)14(11-16(24)21-13-7-5-4-6-12(13)2)28-19(23)22-30(26,27)17-9-8-15(20)29-17/h3-9,14H,1,10-11H2,2H3,(H,21,24). The van der Waals surface area contributed by atoms with Crippen molar-refractivity contribution in [3.63, 3.8) is 0 Å². The van der Waals surface area contributed by atoms with Crippen LogP contribution in [0.3, 0.4) is 0 Å². The summed E-state index contributed by atoms with van der Waals surface area (Å²) in [7, 11) is -4.03. The molecule has 0 radical (unpaired) electrons. The van der Waals surface area contributed by atoms with Crippen molar-refractivity contribution in [2.24, 2.45) is 4.40 Å². The van der Waals surface area contributed by atoms with Crippen LogP contribution in [0.4, 0.5) is 5.69 Å². The first-order chi connectivity index (χ1) is 14.2. The minimum absolute atomic E-state index is 0.0121. The van der Waals surface area contributed by atoms with Crippen LogP contribution in [0.1, 0.15) is 12.0 Å². The second kappa shape index (κ2) is 9.34. The monoisotopic (exact) mass is 483 g/mol. The number of thiophene rings is 1. The van der Waals surface area contributed by atoms with Gasteiger partial charge < -0.3 is 5.32 Å². The number of nitrogens with zero attached hydrogens (tertiary/aromatic N) is 2. The zero-order chi connectivity index (χ0) is 21.9. The summed E-state index contributed by atoms with van der Waals surface area (Å²) in [6, 6.07) is 10.1. The van der Waals surface area contributed by atoms with Crippen LogP contribution in [0, 0.1) is 6.92 Å². The lowest BCUT2D eigenvalue weighted by Gasteiger charge is -2.13. The lowest BCUT2D eigenvalue weighted by molar-refractivity contribution is -0.127. The Labute approximate surface area is 187 Å². The molecule has 1 aliphatic rings. The minimum atomic E-state index is -4.03. The number of hydrogen-bond donors (Lipinski definition) is 1. The molecule has 0 aliphatic carbocycles. The summed E-state index contributed by atoms with van der Waals surface area (Å²) >= 11 is 7.65. The predicted molar refractivity (Wildman–Crippen MR) is 122 cm³/mol. The van der Waals surface area contributed by atoms with Crippen molar-refractivity contribution in [3.05, 3.63) is 59.0 Å². The van der Waals surface area contributed by atoms with Gasteiger partial charge in [-0.05, 0) is 30.7 Å². The van der Waals surface area contributed by atoms with Crippen molar-refractivity contribution in [2.45, 2.75) is 22.8 Å². The average molecular weight is 484 g/mol. The number of amidine groups is 1. The van der Waals surface area contributed by atoms with Gasteiger partial charge in [0.15, 0.2) is 5.17 Å². The number of thioether (sulfide) groups is 1. The summed E-state index contributed by atoms with van der Waals surface area (Å²) in [5.41, 5.74) is 1.56. The van der Waals surface area contributed by atoms with E-state index in [1.807, 2.05) is 19.1 Å². The molecular weight excluding hydrogens is 466 g/mol. The first kappa shape index (κ1) is 22.5. The SMILES string of the molecule is C=CCN1C(=O)C(CC(=O)Nc2ccccc2C)SC1=NS(=O)(=O)c1ccc(Cl)s1. The summed E-state index contributed by atoms with van der Waals surface area (Å²) in [5, 5.41) is 2.01. The molecule has 3 rings (SSSR count). The molecule has 30 heavy (non-hydrogen) atoms. The van der Waals surface area contributed by atoms with Gasteiger partial charge in [0.25, 0.3) is 10.0 Å². The lowest BCUT2D eigenvalue weighted by atomic mass is 10.2. The maximum Gasteiger partial charge on any atom is 0.294 e. The maximum atomic E-state index is 12.8. The number of para-hydroxylation sites is 1. The maximum absolute atomic E-state index is 12.8. The van der Waals surface area contributed by atoms with E-state index in [1.54, 1.807) is 12.1 Å². The van der Waals surface area contributed by atoms with Crippen LogP contribution in [-0.2, 0) is 19.6 Å². The zero-order valence-electron chi connectivity index (χ0n) is 15.9. The van der Waals surface area contributed by atoms with E-state index in [2.05, 4.69) is 16.3 Å². The average Bonchev–Trinajstić information content (AvgIpc) is 3.23. The fourth-order valence-corrected chi connectivity index (χ4v) is 6.50. The number of anilines is 1. The van der Waals surface area contributed by atoms with Crippen molar-refractivity contribution in [1.29, 1.82) is 0 Å². The molecule has 1 aromatic carbocycles. The molecule has 1 saturated heterocycles. The van der Waals surface area contributed by atoms with Gasteiger partial charge in [-0.3, -0.25) is 14.5 Å². The Bertz CT molecular complexity index is 1130. The van der Waals surface area contributed by atoms with Crippen LogP contribution >= 0.6 is 34.7 Å². The number of carbonyl (C=O) groups is 2. The van der Waals surface area contributed by atoms with Crippen LogP contribution in [0.15, 0.2) is 57.7 Å². The third kappa shape index (κ3) is 5.12. The van der Waals surface area contributed by atoms with Crippen molar-refractivity contribution in [2.75, 3.05) is 11.9 Å². The Morgan fingerprint density at radius 2 is 2.07 bits per heavy atom. The number of amides is 2. The van der Waals surface area contributed by atoms with E-state index in [0.29, 0.717) is 10.0 Å². The van der Waals surface area contributed by atoms with E-state index < -0.39 is 21.2 Å². The largest absolute Gasteiger partial charge is 0.326 e. The molecule has 0 spiro atoms. The molecule has 0 saturated carbocycles. The Hall–Kier alpha value is -2.14. The van der Waals surface area contributed by atoms with Crippen LogP contribution in [-0.4, -0.2) is 42.1 Å². The predicted octanol–water partition coefficient (Wildman–Crippen LogP) is 3.91. The first-order valence-electron chi connectivity index (χ1n) is 8.76. The molecule has 1 aromatic heterocycles. The van der Waals surface area contributed by atoms with Gasteiger partial charge in [0, 0.05) is 18.7 Å². The molecule has 1 fully saturated rings. The highest BCUT2D eigenvalue weighted by atomic mass is 35.5. The Morgan fingerprint density at radius 1 is 1.33 bits per heavy atom. The number of benzene rings is 1. The molecule has 2 aromatic rings. The van der Waals surface area contributed by atoms with Crippen LogP contribution in [0.5, 0.6) is 0 Å². The van der Waals surface area contributed by atoms with Crippen molar-refractivity contribution >= 4 is 67.4 Å². The summed E-state index contributed by atoms with van der Waals surface area (Å²) < 4.78 is 29.3. The number of halogens is 1. The minimum Gasteiger partial charge on any atom is -0.326 e. The highest BCUT2D eigenvalue weighted by molar-refractivity contribution is 8.16. The Kier molecular flexibility index (Phi) is 7.02. The molecule has 11 heteroatoms. The van der Waals surface area contributed by atoms with E-state index >= 15 is 0 Å². The number of rotatable bonds is 7. The van der Waals surface area contributed by atoms with Gasteiger partial charge in [-0.25, -0.2) is 0 Å². The lowest BCUT2D eigenvalue weighted by Crippen LogP contribution is -2.33. The molecule has 2 amide bonds. The third-order valence-electron chi connectivity index (χ3n) is 4.12. The number of sulfonamides is 1. The molecular formula is C19H18ClN3O4S3. The summed E-state index contributed by atoms with van der Waals surface area (Å²) in [4.78, 5) is 26.4. The van der Waals surface area contributed by atoms with Gasteiger partial charge in [0.1, 0.15) is 9.46 Å². The van der Waals surface area contributed by atoms with E-state index in [1.165, 1.54) is 23.1 Å². The molecule has 0 bridgehead atoms. The molecule has 1 atom stereocenters. The Morgan fingerprint density at radius 3 is 2.70 bits per heavy atom. The highest BCUT2D eigenvalue weighted by Gasteiger charge is 2.39. The highest BCUT2D eigenvalue weighted by Crippen LogP contribution is 2.33. The zero-order valence-corrected chi connectivity index (χ0v) is 19.1. The molecule has 1 aliphatic heterocycles. The number of nitrogens with one attached hydrogen (secondary N) is 1. The van der Waals surface area contributed by atoms with Gasteiger partial charge in [-0.1, -0.05) is 47.6 Å². The van der Waals surface area contributed by atoms with Gasteiger partial charge in [0.05, 0.1) is 4.34 Å². The first-order valence-corrected chi connectivity index (χ1v) is 12.3. The smallest absolute Gasteiger partial charge is 0.294 e. The van der Waals surface area contributed by atoms with Gasteiger partial charge in [-0.2, -0.15) is 8.42 Å². The van der Waals surface area contributed by atoms with Crippen LogP contribution in [0.25, 0.3) is 0 Å². The fourth-order valence-electron chi connectivity index (χ4n) is 2.67. The molecule has 158 valence electrons. The van der Waals surface area contributed by atoms with E-state index in [4.69, 9.17) is 11.6 Å². The number of carbonyl (C=O) groups excluding carboxylic acids is 2. The molecule has 1 N–H and O–H groups in total. The van der Waals surface area contributed by atoms with Gasteiger partial charge in [-0.15, -0.1) is 22.3 Å². The summed E-state index contributed by atoms with van der Waals surface area (Å²) in [6.45, 7) is 5.55. The van der Waals surface area contributed by atoms with Crippen molar-refractivity contribution in [1.82, 2.24) is 4.90 Å². The van der Waals surface area contributed by atoms with Crippen molar-refractivity contribution in [3.8, 4) is 0 Å². The normalized spacial score (nSPS) is 18.1. The van der Waals surface area contributed by atoms with Crippen LogP contribution < -0.4 is 5.32 Å². The third-order valence-corrected chi connectivity index (χ3v) is 8.38. The van der Waals surface area contributed by atoms with Crippen molar-refractivity contribution < 1.29 is 18.0 Å². The van der Waals surface area contributed by atoms with E-state index in [-0.39, 0.29) is 28.2 Å². The molecule has 1 unspecified atom stereocenters. The van der Waals surface area contributed by atoms with E-state index in [0.717, 1.165) is 28.7 Å². The second-order valence-corrected chi connectivity index (χ2v) is 11.0. The second-order valence-electron chi connectivity index (χ2n) is 6.32. The van der Waals surface area contributed by atoms with Gasteiger partial charge in [0.2, 0.25) is 11.8 Å². The van der Waals surface area contributed by atoms with Gasteiger partial charge >= 0.3 is 0 Å². The summed E-state index contributed by atoms with van der Waals surface area (Å²) in [6.07, 6.45) is 1.35. The fraction of sp³-hybridized carbons (Fsp3) is 0.211. The topological polar surface area (TPSA) is 95.9 Å². The number of hydrogen-bond acceptors (Lipinski definition) is 6. The van der Waals surface area contributed by atoms with Crippen LogP contribution in [0.2, 0.25) is 4.34 Å².